The van der Waals surface area contributed by atoms with Gasteiger partial charge in [-0.3, -0.25) is 4.79 Å². The molecule has 0 aliphatic rings. The predicted molar refractivity (Wildman–Crippen MR) is 100 cm³/mol. The molecule has 0 bridgehead atoms. The van der Waals surface area contributed by atoms with E-state index >= 15 is 0 Å². The zero-order valence-corrected chi connectivity index (χ0v) is 15.2. The first kappa shape index (κ1) is 17.8. The molecule has 2 aromatic carbocycles. The zero-order valence-electron chi connectivity index (χ0n) is 15.2. The molecule has 0 atom stereocenters. The number of amides is 1. The summed E-state index contributed by atoms with van der Waals surface area (Å²) in [7, 11) is 1.59. The Morgan fingerprint density at radius 1 is 1.12 bits per heavy atom. The van der Waals surface area contributed by atoms with Gasteiger partial charge in [-0.05, 0) is 31.0 Å². The molecule has 3 rings (SSSR count). The van der Waals surface area contributed by atoms with Crippen LogP contribution >= 0.6 is 0 Å². The number of carbonyl (C=O) groups is 1. The van der Waals surface area contributed by atoms with Crippen LogP contribution in [0.25, 0.3) is 17.1 Å². The largest absolute Gasteiger partial charge is 0.383 e. The molecule has 134 valence electrons. The Balaban J connectivity index is 2.07. The Hall–Kier alpha value is -2.99. The predicted octanol–water partition coefficient (Wildman–Crippen LogP) is 2.93. The van der Waals surface area contributed by atoms with Gasteiger partial charge in [-0.1, -0.05) is 42.5 Å². The smallest absolute Gasteiger partial charge is 0.291 e. The number of methoxy groups -OCH3 is 1. The minimum absolute atomic E-state index is 0.140. The van der Waals surface area contributed by atoms with E-state index < -0.39 is 0 Å². The molecule has 3 aromatic rings. The second-order valence-corrected chi connectivity index (χ2v) is 6.00. The molecule has 0 saturated heterocycles. The topological polar surface area (TPSA) is 69.0 Å². The first-order valence-corrected chi connectivity index (χ1v) is 8.48. The lowest BCUT2D eigenvalue weighted by atomic mass is 10.1. The van der Waals surface area contributed by atoms with Crippen molar-refractivity contribution in [2.75, 3.05) is 20.3 Å². The Morgan fingerprint density at radius 2 is 1.88 bits per heavy atom. The maximum absolute atomic E-state index is 12.4. The van der Waals surface area contributed by atoms with Gasteiger partial charge in [0.05, 0.1) is 12.3 Å². The second kappa shape index (κ2) is 7.93. The monoisotopic (exact) mass is 350 g/mol. The van der Waals surface area contributed by atoms with Crippen LogP contribution in [0.3, 0.4) is 0 Å². The van der Waals surface area contributed by atoms with Crippen molar-refractivity contribution in [3.63, 3.8) is 0 Å². The van der Waals surface area contributed by atoms with E-state index in [1.165, 1.54) is 0 Å². The summed E-state index contributed by atoms with van der Waals surface area (Å²) >= 11 is 0. The van der Waals surface area contributed by atoms with E-state index in [0.29, 0.717) is 19.0 Å². The van der Waals surface area contributed by atoms with E-state index in [1.807, 2.05) is 49.4 Å². The number of nitrogens with one attached hydrogen (secondary N) is 1. The van der Waals surface area contributed by atoms with E-state index in [0.717, 1.165) is 22.4 Å². The van der Waals surface area contributed by atoms with Crippen molar-refractivity contribution < 1.29 is 9.53 Å². The van der Waals surface area contributed by atoms with Crippen molar-refractivity contribution in [3.8, 4) is 17.1 Å². The molecule has 26 heavy (non-hydrogen) atoms. The third kappa shape index (κ3) is 3.65. The molecule has 0 saturated carbocycles. The van der Waals surface area contributed by atoms with Crippen LogP contribution in [0.4, 0.5) is 0 Å². The number of aryl methyl sites for hydroxylation is 1. The van der Waals surface area contributed by atoms with E-state index in [1.54, 1.807) is 11.8 Å². The molecule has 1 N–H and O–H groups in total. The Kier molecular flexibility index (Phi) is 5.43. The summed E-state index contributed by atoms with van der Waals surface area (Å²) in [5.74, 6) is 0.459. The number of hydrogen-bond acceptors (Lipinski definition) is 4. The van der Waals surface area contributed by atoms with Crippen molar-refractivity contribution in [1.82, 2.24) is 20.1 Å². The molecular formula is C20H22N4O2. The van der Waals surface area contributed by atoms with E-state index in [4.69, 9.17) is 4.74 Å². The highest BCUT2D eigenvalue weighted by atomic mass is 16.5. The van der Waals surface area contributed by atoms with Gasteiger partial charge in [0.25, 0.3) is 5.91 Å². The quantitative estimate of drug-likeness (QED) is 0.694. The van der Waals surface area contributed by atoms with Gasteiger partial charge in [-0.2, -0.15) is 0 Å². The average Bonchev–Trinajstić information content (AvgIpc) is 3.10. The van der Waals surface area contributed by atoms with Gasteiger partial charge in [0.1, 0.15) is 0 Å². The van der Waals surface area contributed by atoms with Gasteiger partial charge in [0.2, 0.25) is 5.82 Å². The molecule has 0 aliphatic carbocycles. The van der Waals surface area contributed by atoms with Crippen molar-refractivity contribution in [2.24, 2.45) is 0 Å². The molecule has 0 spiro atoms. The third-order valence-corrected chi connectivity index (χ3v) is 4.24. The fourth-order valence-corrected chi connectivity index (χ4v) is 2.66. The minimum Gasteiger partial charge on any atom is -0.383 e. The molecule has 6 nitrogen and oxygen atoms in total. The van der Waals surface area contributed by atoms with Crippen LogP contribution in [0, 0.1) is 13.8 Å². The summed E-state index contributed by atoms with van der Waals surface area (Å²) in [6, 6.07) is 15.8. The van der Waals surface area contributed by atoms with Crippen LogP contribution in [-0.2, 0) is 4.74 Å². The van der Waals surface area contributed by atoms with Crippen LogP contribution < -0.4 is 5.32 Å². The number of rotatable bonds is 6. The molecule has 1 amide bonds. The maximum Gasteiger partial charge on any atom is 0.291 e. The van der Waals surface area contributed by atoms with Crippen LogP contribution in [0.15, 0.2) is 48.5 Å². The molecular weight excluding hydrogens is 328 g/mol. The molecule has 0 radical (unpaired) electrons. The maximum atomic E-state index is 12.4. The second-order valence-electron chi connectivity index (χ2n) is 6.00. The molecule has 6 heteroatoms. The first-order chi connectivity index (χ1) is 12.6. The van der Waals surface area contributed by atoms with Crippen molar-refractivity contribution in [3.05, 3.63) is 65.5 Å². The first-order valence-electron chi connectivity index (χ1n) is 8.48. The fourth-order valence-electron chi connectivity index (χ4n) is 2.66. The van der Waals surface area contributed by atoms with E-state index in [9.17, 15) is 4.79 Å². The van der Waals surface area contributed by atoms with Crippen molar-refractivity contribution in [1.29, 1.82) is 0 Å². The molecule has 0 unspecified atom stereocenters. The van der Waals surface area contributed by atoms with Gasteiger partial charge in [0.15, 0.2) is 5.82 Å². The number of benzene rings is 2. The lowest BCUT2D eigenvalue weighted by Gasteiger charge is -2.10. The van der Waals surface area contributed by atoms with Gasteiger partial charge >= 0.3 is 0 Å². The molecule has 1 heterocycles. The number of carbonyl (C=O) groups excluding carboxylic acids is 1. The zero-order chi connectivity index (χ0) is 18.5. The average molecular weight is 350 g/mol. The summed E-state index contributed by atoms with van der Waals surface area (Å²) in [5.41, 5.74) is 4.06. The van der Waals surface area contributed by atoms with Gasteiger partial charge < -0.3 is 10.1 Å². The van der Waals surface area contributed by atoms with Crippen LogP contribution in [0.5, 0.6) is 0 Å². The number of ether oxygens (including phenoxy) is 1. The highest BCUT2D eigenvalue weighted by Gasteiger charge is 2.19. The van der Waals surface area contributed by atoms with Crippen molar-refractivity contribution >= 4 is 5.91 Å². The SMILES string of the molecule is COCCNC(=O)c1nc(-c2ccccc2)n(-c2cccc(C)c2C)n1. The summed E-state index contributed by atoms with van der Waals surface area (Å²) in [5, 5.41) is 7.26. The minimum atomic E-state index is -0.316. The lowest BCUT2D eigenvalue weighted by molar-refractivity contribution is 0.0927. The Morgan fingerprint density at radius 3 is 2.62 bits per heavy atom. The summed E-state index contributed by atoms with van der Waals surface area (Å²) in [4.78, 5) is 16.9. The van der Waals surface area contributed by atoms with Crippen LogP contribution in [-0.4, -0.2) is 40.9 Å². The number of nitrogens with zero attached hydrogens (tertiary/aromatic N) is 3. The van der Waals surface area contributed by atoms with Gasteiger partial charge in [-0.15, -0.1) is 5.10 Å². The lowest BCUT2D eigenvalue weighted by Crippen LogP contribution is -2.28. The van der Waals surface area contributed by atoms with Gasteiger partial charge in [-0.25, -0.2) is 9.67 Å². The third-order valence-electron chi connectivity index (χ3n) is 4.24. The van der Waals surface area contributed by atoms with E-state index in [2.05, 4.69) is 28.4 Å². The standard InChI is InChI=1S/C20H22N4O2/c1-14-8-7-11-17(15(14)2)24-19(16-9-5-4-6-10-16)22-18(23-24)20(25)21-12-13-26-3/h4-11H,12-13H2,1-3H3,(H,21,25). The fraction of sp³-hybridized carbons (Fsp3) is 0.250. The van der Waals surface area contributed by atoms with Crippen LogP contribution in [0.2, 0.25) is 0 Å². The van der Waals surface area contributed by atoms with E-state index in [-0.39, 0.29) is 11.7 Å². The highest BCUT2D eigenvalue weighted by molar-refractivity contribution is 5.91. The number of aromatic nitrogens is 3. The summed E-state index contributed by atoms with van der Waals surface area (Å²) in [6.07, 6.45) is 0. The van der Waals surface area contributed by atoms with Gasteiger partial charge in [0, 0.05) is 19.2 Å². The van der Waals surface area contributed by atoms with Crippen molar-refractivity contribution in [2.45, 2.75) is 13.8 Å². The highest BCUT2D eigenvalue weighted by Crippen LogP contribution is 2.24. The normalized spacial score (nSPS) is 10.7. The molecule has 0 aliphatic heterocycles. The van der Waals surface area contributed by atoms with Crippen LogP contribution in [0.1, 0.15) is 21.7 Å². The number of hydrogen-bond donors (Lipinski definition) is 1. The molecule has 1 aromatic heterocycles. The Bertz CT molecular complexity index is 903. The summed E-state index contributed by atoms with van der Waals surface area (Å²) in [6.45, 7) is 4.94. The Labute approximate surface area is 152 Å². The molecule has 0 fully saturated rings. The summed E-state index contributed by atoms with van der Waals surface area (Å²) < 4.78 is 6.70.